The number of carboxylic acids is 3. The van der Waals surface area contributed by atoms with E-state index in [1.54, 1.807) is 0 Å². The molecule has 0 aliphatic heterocycles. The molecule has 0 aromatic heterocycles. The maximum absolute atomic E-state index is 13.0. The van der Waals surface area contributed by atoms with E-state index in [0.717, 1.165) is 12.1 Å². The predicted molar refractivity (Wildman–Crippen MR) is 139 cm³/mol. The number of halogens is 1. The molecule has 0 fully saturated rings. The normalized spacial score (nSPS) is 12.0. The number of amides is 4. The molecule has 2 atom stereocenters. The number of hydrogen-bond acceptors (Lipinski definition) is 7. The average molecular weight is 577 g/mol. The van der Waals surface area contributed by atoms with E-state index >= 15 is 0 Å². The molecule has 0 bridgehead atoms. The van der Waals surface area contributed by atoms with E-state index in [2.05, 4.69) is 10.6 Å². The Hall–Kier alpha value is -5.05. The van der Waals surface area contributed by atoms with Crippen LogP contribution < -0.4 is 16.0 Å². The lowest BCUT2D eigenvalue weighted by Gasteiger charge is -2.24. The van der Waals surface area contributed by atoms with Gasteiger partial charge in [-0.1, -0.05) is 0 Å². The summed E-state index contributed by atoms with van der Waals surface area (Å²) in [6.45, 7) is 0.127. The van der Waals surface area contributed by atoms with Gasteiger partial charge in [0.15, 0.2) is 6.04 Å². The standard InChI is InChI=1S/C26H29FN4O10/c27-17-8-4-16(5-9-17)23(35)29-18-10-6-15(7-11-18)22(34)28-14-2-1-3-20(25(38)39)31(41)26(40)30-19(24(36)37)12-13-21(32)33/h4-11,19-20,41H,1-3,12-14H2,(H,28,34)(H,29,35)(H,30,40)(H,32,33)(H,36,37)(H,38,39)/t19-,20?/m0/s1. The summed E-state index contributed by atoms with van der Waals surface area (Å²) >= 11 is 0. The number of aliphatic carboxylic acids is 3. The number of nitrogens with zero attached hydrogens (tertiary/aromatic N) is 1. The molecule has 0 aliphatic carbocycles. The monoisotopic (exact) mass is 576 g/mol. The molecule has 41 heavy (non-hydrogen) atoms. The minimum Gasteiger partial charge on any atom is -0.481 e. The Kier molecular flexibility index (Phi) is 12.2. The quantitative estimate of drug-likeness (QED) is 0.0929. The lowest BCUT2D eigenvalue weighted by Crippen LogP contribution is -2.52. The van der Waals surface area contributed by atoms with E-state index in [1.807, 2.05) is 5.32 Å². The Bertz CT molecular complexity index is 1250. The van der Waals surface area contributed by atoms with Gasteiger partial charge in [0.1, 0.15) is 11.9 Å². The van der Waals surface area contributed by atoms with Crippen LogP contribution in [0.15, 0.2) is 48.5 Å². The van der Waals surface area contributed by atoms with Crippen LogP contribution in [0.4, 0.5) is 14.9 Å². The predicted octanol–water partition coefficient (Wildman–Crippen LogP) is 2.15. The summed E-state index contributed by atoms with van der Waals surface area (Å²) in [5.41, 5.74) is 0.940. The highest BCUT2D eigenvalue weighted by Gasteiger charge is 2.31. The number of unbranched alkanes of at least 4 members (excludes halogenated alkanes) is 1. The molecular weight excluding hydrogens is 547 g/mol. The first-order chi connectivity index (χ1) is 19.4. The second-order valence-corrected chi connectivity index (χ2v) is 8.76. The Morgan fingerprint density at radius 1 is 0.780 bits per heavy atom. The van der Waals surface area contributed by atoms with Crippen LogP contribution in [0.3, 0.4) is 0 Å². The van der Waals surface area contributed by atoms with Gasteiger partial charge in [-0.2, -0.15) is 5.06 Å². The fourth-order valence-corrected chi connectivity index (χ4v) is 3.51. The van der Waals surface area contributed by atoms with Crippen molar-refractivity contribution in [3.8, 4) is 0 Å². The topological polar surface area (TPSA) is 223 Å². The van der Waals surface area contributed by atoms with Crippen LogP contribution in [0, 0.1) is 5.82 Å². The van der Waals surface area contributed by atoms with Gasteiger partial charge in [-0.3, -0.25) is 19.6 Å². The molecule has 0 saturated carbocycles. The van der Waals surface area contributed by atoms with Crippen molar-refractivity contribution in [1.29, 1.82) is 0 Å². The number of carboxylic acid groups (broad SMARTS) is 3. The van der Waals surface area contributed by atoms with Gasteiger partial charge < -0.3 is 31.3 Å². The van der Waals surface area contributed by atoms with E-state index in [4.69, 9.17) is 10.2 Å². The molecule has 2 aromatic rings. The zero-order valence-electron chi connectivity index (χ0n) is 21.6. The van der Waals surface area contributed by atoms with Crippen LogP contribution >= 0.6 is 0 Å². The first-order valence-corrected chi connectivity index (χ1v) is 12.3. The molecule has 0 spiro atoms. The Balaban J connectivity index is 1.79. The SMILES string of the molecule is O=C(O)CC[C@H](NC(=O)N(O)C(CCCCNC(=O)c1ccc(NC(=O)c2ccc(F)cc2)cc1)C(=O)O)C(=O)O. The highest BCUT2D eigenvalue weighted by Crippen LogP contribution is 2.13. The van der Waals surface area contributed by atoms with Crippen LogP contribution in [-0.2, 0) is 14.4 Å². The average Bonchev–Trinajstić information content (AvgIpc) is 2.92. The molecule has 1 unspecified atom stereocenters. The van der Waals surface area contributed by atoms with Crippen LogP contribution in [0.2, 0.25) is 0 Å². The maximum atomic E-state index is 13.0. The van der Waals surface area contributed by atoms with Gasteiger partial charge >= 0.3 is 23.9 Å². The van der Waals surface area contributed by atoms with Crippen molar-refractivity contribution in [3.05, 3.63) is 65.5 Å². The first kappa shape index (κ1) is 32.2. The summed E-state index contributed by atoms with van der Waals surface area (Å²) in [5.74, 6) is -5.79. The van der Waals surface area contributed by atoms with Crippen LogP contribution in [0.25, 0.3) is 0 Å². The third-order valence-electron chi connectivity index (χ3n) is 5.73. The lowest BCUT2D eigenvalue weighted by atomic mass is 10.1. The molecule has 15 heteroatoms. The van der Waals surface area contributed by atoms with Crippen molar-refractivity contribution in [1.82, 2.24) is 15.7 Å². The summed E-state index contributed by atoms with van der Waals surface area (Å²) in [6.07, 6.45) is -0.862. The zero-order chi connectivity index (χ0) is 30.5. The molecule has 220 valence electrons. The fourth-order valence-electron chi connectivity index (χ4n) is 3.51. The number of nitrogens with one attached hydrogen (secondary N) is 3. The third-order valence-corrected chi connectivity index (χ3v) is 5.73. The summed E-state index contributed by atoms with van der Waals surface area (Å²) in [6, 6.07) is 6.14. The fraction of sp³-hybridized carbons (Fsp3) is 0.308. The number of urea groups is 1. The van der Waals surface area contributed by atoms with Crippen LogP contribution in [-0.4, -0.2) is 80.0 Å². The number of benzene rings is 2. The summed E-state index contributed by atoms with van der Waals surface area (Å²) < 4.78 is 13.0. The lowest BCUT2D eigenvalue weighted by molar-refractivity contribution is -0.157. The largest absolute Gasteiger partial charge is 0.481 e. The number of carbonyl (C=O) groups is 6. The molecule has 0 saturated heterocycles. The van der Waals surface area contributed by atoms with Crippen molar-refractivity contribution in [3.63, 3.8) is 0 Å². The van der Waals surface area contributed by atoms with Gasteiger partial charge in [-0.25, -0.2) is 18.8 Å². The van der Waals surface area contributed by atoms with Gasteiger partial charge in [0.25, 0.3) is 11.8 Å². The molecule has 0 aliphatic rings. The second-order valence-electron chi connectivity index (χ2n) is 8.76. The molecule has 7 N–H and O–H groups in total. The van der Waals surface area contributed by atoms with E-state index in [9.17, 15) is 43.5 Å². The van der Waals surface area contributed by atoms with Gasteiger partial charge in [-0.15, -0.1) is 0 Å². The molecule has 4 amide bonds. The number of carbonyl (C=O) groups excluding carboxylic acids is 3. The van der Waals surface area contributed by atoms with Crippen molar-refractivity contribution >= 4 is 41.4 Å². The van der Waals surface area contributed by atoms with Gasteiger partial charge in [0.2, 0.25) is 0 Å². The van der Waals surface area contributed by atoms with E-state index in [0.29, 0.717) is 5.69 Å². The molecule has 0 radical (unpaired) electrons. The molecule has 0 heterocycles. The summed E-state index contributed by atoms with van der Waals surface area (Å²) in [5, 5.41) is 44.2. The number of anilines is 1. The first-order valence-electron chi connectivity index (χ1n) is 12.3. The van der Waals surface area contributed by atoms with E-state index < -0.39 is 66.5 Å². The van der Waals surface area contributed by atoms with E-state index in [1.165, 1.54) is 36.4 Å². The Labute approximate surface area is 232 Å². The molecular formula is C26H29FN4O10. The van der Waals surface area contributed by atoms with Crippen LogP contribution in [0.1, 0.15) is 52.8 Å². The van der Waals surface area contributed by atoms with Crippen LogP contribution in [0.5, 0.6) is 0 Å². The van der Waals surface area contributed by atoms with Gasteiger partial charge in [0, 0.05) is 29.8 Å². The summed E-state index contributed by atoms with van der Waals surface area (Å²) in [7, 11) is 0. The molecule has 14 nitrogen and oxygen atoms in total. The Morgan fingerprint density at radius 3 is 1.93 bits per heavy atom. The second kappa shape index (κ2) is 15.5. The number of hydrogen-bond donors (Lipinski definition) is 7. The van der Waals surface area contributed by atoms with E-state index in [-0.39, 0.29) is 42.0 Å². The highest BCUT2D eigenvalue weighted by atomic mass is 19.1. The zero-order valence-corrected chi connectivity index (χ0v) is 21.6. The number of hydroxylamine groups is 2. The van der Waals surface area contributed by atoms with Gasteiger partial charge in [-0.05, 0) is 74.2 Å². The minimum atomic E-state index is -1.72. The smallest absolute Gasteiger partial charge is 0.342 e. The molecule has 2 rings (SSSR count). The minimum absolute atomic E-state index is 0.127. The van der Waals surface area contributed by atoms with Crippen molar-refractivity contribution in [2.75, 3.05) is 11.9 Å². The van der Waals surface area contributed by atoms with Crippen molar-refractivity contribution < 1.29 is 53.7 Å². The highest BCUT2D eigenvalue weighted by molar-refractivity contribution is 6.04. The molecule has 2 aromatic carbocycles. The van der Waals surface area contributed by atoms with Crippen molar-refractivity contribution in [2.24, 2.45) is 0 Å². The van der Waals surface area contributed by atoms with Crippen molar-refractivity contribution in [2.45, 2.75) is 44.2 Å². The maximum Gasteiger partial charge on any atom is 0.342 e. The van der Waals surface area contributed by atoms with Gasteiger partial charge in [0.05, 0.1) is 0 Å². The third kappa shape index (κ3) is 10.6. The number of rotatable bonds is 15. The summed E-state index contributed by atoms with van der Waals surface area (Å²) in [4.78, 5) is 70.1. The Morgan fingerprint density at radius 2 is 1.37 bits per heavy atom.